The predicted octanol–water partition coefficient (Wildman–Crippen LogP) is 3.58. The van der Waals surface area contributed by atoms with Crippen molar-refractivity contribution >= 4 is 40.2 Å². The molecule has 1 fully saturated rings. The third-order valence-corrected chi connectivity index (χ3v) is 6.12. The summed E-state index contributed by atoms with van der Waals surface area (Å²) < 4.78 is 7.22. The number of aromatic nitrogens is 1. The average molecular weight is 410 g/mol. The number of benzene rings is 2. The minimum absolute atomic E-state index is 0.00246. The summed E-state index contributed by atoms with van der Waals surface area (Å²) >= 11 is 1.61. The largest absolute Gasteiger partial charge is 0.497 e. The molecule has 3 aromatic rings. The Morgan fingerprint density at radius 3 is 2.72 bits per heavy atom. The fourth-order valence-corrected chi connectivity index (χ4v) is 4.68. The standard InChI is InChI=1S/C22H23N3O3S/c1-28-18-8-6-17(7-9-18)23-22(27)20-14-29-15-25(20)21(26)11-13-24-12-10-16-4-2-3-5-19(16)24/h2-10,12,20H,11,13-15H2,1H3,(H,23,27). The summed E-state index contributed by atoms with van der Waals surface area (Å²) in [5, 5.41) is 4.07. The van der Waals surface area contributed by atoms with Crippen molar-refractivity contribution < 1.29 is 14.3 Å². The van der Waals surface area contributed by atoms with E-state index < -0.39 is 6.04 Å². The quantitative estimate of drug-likeness (QED) is 0.676. The molecule has 4 rings (SSSR count). The van der Waals surface area contributed by atoms with Crippen molar-refractivity contribution in [2.75, 3.05) is 24.1 Å². The van der Waals surface area contributed by atoms with Gasteiger partial charge in [-0.1, -0.05) is 18.2 Å². The molecular weight excluding hydrogens is 386 g/mol. The van der Waals surface area contributed by atoms with Gasteiger partial charge in [0.2, 0.25) is 11.8 Å². The van der Waals surface area contributed by atoms with Gasteiger partial charge in [0.15, 0.2) is 0 Å². The van der Waals surface area contributed by atoms with Crippen LogP contribution in [0, 0.1) is 0 Å². The smallest absolute Gasteiger partial charge is 0.248 e. The number of amides is 2. The number of hydrogen-bond acceptors (Lipinski definition) is 4. The highest BCUT2D eigenvalue weighted by atomic mass is 32.2. The predicted molar refractivity (Wildman–Crippen MR) is 116 cm³/mol. The Bertz CT molecular complexity index is 1020. The van der Waals surface area contributed by atoms with Crippen LogP contribution in [-0.2, 0) is 16.1 Å². The van der Waals surface area contributed by atoms with Gasteiger partial charge in [-0.2, -0.15) is 0 Å². The second-order valence-corrected chi connectivity index (χ2v) is 7.91. The van der Waals surface area contributed by atoms with Crippen molar-refractivity contribution in [3.8, 4) is 5.75 Å². The number of carbonyl (C=O) groups is 2. The van der Waals surface area contributed by atoms with Crippen molar-refractivity contribution in [2.24, 2.45) is 0 Å². The molecule has 1 aliphatic heterocycles. The van der Waals surface area contributed by atoms with Crippen LogP contribution in [0.2, 0.25) is 0 Å². The Hall–Kier alpha value is -2.93. The summed E-state index contributed by atoms with van der Waals surface area (Å²) in [5.41, 5.74) is 1.81. The molecule has 0 spiro atoms. The molecular formula is C22H23N3O3S. The molecule has 7 heteroatoms. The molecule has 0 saturated carbocycles. The number of carbonyl (C=O) groups excluding carboxylic acids is 2. The molecule has 1 aromatic heterocycles. The van der Waals surface area contributed by atoms with Crippen LogP contribution in [0.25, 0.3) is 10.9 Å². The first-order valence-electron chi connectivity index (χ1n) is 9.52. The van der Waals surface area contributed by atoms with E-state index >= 15 is 0 Å². The molecule has 6 nitrogen and oxygen atoms in total. The zero-order chi connectivity index (χ0) is 20.2. The lowest BCUT2D eigenvalue weighted by molar-refractivity contribution is -0.136. The van der Waals surface area contributed by atoms with E-state index in [9.17, 15) is 9.59 Å². The fourth-order valence-electron chi connectivity index (χ4n) is 3.50. The lowest BCUT2D eigenvalue weighted by Crippen LogP contribution is -2.44. The van der Waals surface area contributed by atoms with Gasteiger partial charge in [0.05, 0.1) is 13.0 Å². The Morgan fingerprint density at radius 1 is 1.14 bits per heavy atom. The second kappa shape index (κ2) is 8.61. The van der Waals surface area contributed by atoms with Crippen molar-refractivity contribution in [1.29, 1.82) is 0 Å². The summed E-state index contributed by atoms with van der Waals surface area (Å²) in [7, 11) is 1.60. The van der Waals surface area contributed by atoms with E-state index in [0.29, 0.717) is 30.3 Å². The first-order chi connectivity index (χ1) is 14.2. The topological polar surface area (TPSA) is 63.6 Å². The molecule has 0 bridgehead atoms. The van der Waals surface area contributed by atoms with E-state index in [1.165, 1.54) is 0 Å². The van der Waals surface area contributed by atoms with Crippen LogP contribution in [0.3, 0.4) is 0 Å². The first-order valence-corrected chi connectivity index (χ1v) is 10.7. The van der Waals surface area contributed by atoms with E-state index in [-0.39, 0.29) is 11.8 Å². The average Bonchev–Trinajstić information content (AvgIpc) is 3.40. The maximum Gasteiger partial charge on any atom is 0.248 e. The molecule has 1 atom stereocenters. The SMILES string of the molecule is COc1ccc(NC(=O)C2CSCN2C(=O)CCn2ccc3ccccc32)cc1. The molecule has 1 aliphatic rings. The maximum atomic E-state index is 12.8. The van der Waals surface area contributed by atoms with Crippen LogP contribution in [0.4, 0.5) is 5.69 Å². The molecule has 1 saturated heterocycles. The number of thioether (sulfide) groups is 1. The Labute approximate surface area is 173 Å². The maximum absolute atomic E-state index is 12.8. The molecule has 1 unspecified atom stereocenters. The minimum atomic E-state index is -0.448. The number of rotatable bonds is 6. The van der Waals surface area contributed by atoms with Gasteiger partial charge in [0, 0.05) is 36.1 Å². The molecule has 150 valence electrons. The monoisotopic (exact) mass is 409 g/mol. The second-order valence-electron chi connectivity index (χ2n) is 6.91. The number of nitrogens with one attached hydrogen (secondary N) is 1. The molecule has 2 aromatic carbocycles. The van der Waals surface area contributed by atoms with Crippen LogP contribution >= 0.6 is 11.8 Å². The van der Waals surface area contributed by atoms with E-state index in [2.05, 4.69) is 28.1 Å². The zero-order valence-corrected chi connectivity index (χ0v) is 17.0. The molecule has 2 amide bonds. The summed E-state index contributed by atoms with van der Waals surface area (Å²) in [4.78, 5) is 27.3. The van der Waals surface area contributed by atoms with E-state index in [0.717, 1.165) is 16.7 Å². The normalized spacial score (nSPS) is 16.2. The molecule has 29 heavy (non-hydrogen) atoms. The van der Waals surface area contributed by atoms with Gasteiger partial charge in [-0.3, -0.25) is 9.59 Å². The van der Waals surface area contributed by atoms with Crippen molar-refractivity contribution in [3.63, 3.8) is 0 Å². The zero-order valence-electron chi connectivity index (χ0n) is 16.2. The molecule has 1 N–H and O–H groups in total. The van der Waals surface area contributed by atoms with Gasteiger partial charge in [0.1, 0.15) is 11.8 Å². The van der Waals surface area contributed by atoms with Crippen LogP contribution in [0.15, 0.2) is 60.8 Å². The van der Waals surface area contributed by atoms with Crippen LogP contribution in [0.5, 0.6) is 5.75 Å². The van der Waals surface area contributed by atoms with E-state index in [1.54, 1.807) is 48.0 Å². The van der Waals surface area contributed by atoms with Crippen molar-refractivity contribution in [2.45, 2.75) is 19.0 Å². The van der Waals surface area contributed by atoms with Gasteiger partial charge >= 0.3 is 0 Å². The number of anilines is 1. The Balaban J connectivity index is 1.37. The highest BCUT2D eigenvalue weighted by Crippen LogP contribution is 2.24. The summed E-state index contributed by atoms with van der Waals surface area (Å²) in [6.07, 6.45) is 2.37. The lowest BCUT2D eigenvalue weighted by Gasteiger charge is -2.23. The third kappa shape index (κ3) is 4.24. The van der Waals surface area contributed by atoms with Crippen LogP contribution in [-0.4, -0.2) is 46.1 Å². The minimum Gasteiger partial charge on any atom is -0.497 e. The number of methoxy groups -OCH3 is 1. The van der Waals surface area contributed by atoms with Gasteiger partial charge in [-0.15, -0.1) is 11.8 Å². The highest BCUT2D eigenvalue weighted by molar-refractivity contribution is 7.99. The number of para-hydroxylation sites is 1. The molecule has 2 heterocycles. The third-order valence-electron chi connectivity index (χ3n) is 5.11. The van der Waals surface area contributed by atoms with E-state index in [1.807, 2.05) is 18.3 Å². The van der Waals surface area contributed by atoms with Gasteiger partial charge in [-0.05, 0) is 41.8 Å². The summed E-state index contributed by atoms with van der Waals surface area (Å²) in [6, 6.07) is 16.9. The van der Waals surface area contributed by atoms with Gasteiger partial charge in [-0.25, -0.2) is 0 Å². The van der Waals surface area contributed by atoms with E-state index in [4.69, 9.17) is 4.74 Å². The number of fused-ring (bicyclic) bond motifs is 1. The molecule has 0 radical (unpaired) electrons. The van der Waals surface area contributed by atoms with Crippen LogP contribution < -0.4 is 10.1 Å². The number of aryl methyl sites for hydroxylation is 1. The summed E-state index contributed by atoms with van der Waals surface area (Å²) in [6.45, 7) is 0.598. The number of ether oxygens (including phenoxy) is 1. The van der Waals surface area contributed by atoms with Gasteiger partial charge in [0.25, 0.3) is 0 Å². The first kappa shape index (κ1) is 19.4. The van der Waals surface area contributed by atoms with Crippen LogP contribution in [0.1, 0.15) is 6.42 Å². The molecule has 0 aliphatic carbocycles. The fraction of sp³-hybridized carbons (Fsp3) is 0.273. The highest BCUT2D eigenvalue weighted by Gasteiger charge is 2.34. The Morgan fingerprint density at radius 2 is 1.93 bits per heavy atom. The lowest BCUT2D eigenvalue weighted by atomic mass is 10.2. The number of hydrogen-bond donors (Lipinski definition) is 1. The Kier molecular flexibility index (Phi) is 5.76. The summed E-state index contributed by atoms with van der Waals surface area (Å²) in [5.74, 6) is 1.74. The van der Waals surface area contributed by atoms with Crippen molar-refractivity contribution in [1.82, 2.24) is 9.47 Å². The number of nitrogens with zero attached hydrogens (tertiary/aromatic N) is 2. The van der Waals surface area contributed by atoms with Crippen molar-refractivity contribution in [3.05, 3.63) is 60.8 Å². The van der Waals surface area contributed by atoms with Gasteiger partial charge < -0.3 is 19.5 Å².